The Labute approximate surface area is 131 Å². The number of rotatable bonds is 2. The Morgan fingerprint density at radius 2 is 1.91 bits per heavy atom. The van der Waals surface area contributed by atoms with Crippen molar-refractivity contribution in [2.24, 2.45) is 7.05 Å². The number of hydrogen-bond donors (Lipinski definition) is 0. The molecule has 0 spiro atoms. The van der Waals surface area contributed by atoms with Gasteiger partial charge in [0.2, 0.25) is 0 Å². The number of fused-ring (bicyclic) bond motifs is 3. The highest BCUT2D eigenvalue weighted by Crippen LogP contribution is 2.26. The molecule has 4 nitrogen and oxygen atoms in total. The van der Waals surface area contributed by atoms with E-state index < -0.39 is 0 Å². The lowest BCUT2D eigenvalue weighted by molar-refractivity contribution is 0.628. The van der Waals surface area contributed by atoms with Crippen molar-refractivity contribution in [1.29, 1.82) is 0 Å². The van der Waals surface area contributed by atoms with E-state index in [1.165, 1.54) is 23.0 Å². The van der Waals surface area contributed by atoms with Gasteiger partial charge in [-0.25, -0.2) is 9.37 Å². The van der Waals surface area contributed by atoms with Crippen molar-refractivity contribution in [2.75, 3.05) is 0 Å². The first-order chi connectivity index (χ1) is 11.1. The second kappa shape index (κ2) is 5.05. The first-order valence-corrected chi connectivity index (χ1v) is 7.32. The molecule has 0 aliphatic carbocycles. The van der Waals surface area contributed by atoms with Crippen molar-refractivity contribution in [3.05, 3.63) is 76.6 Å². The summed E-state index contributed by atoms with van der Waals surface area (Å²) in [6.07, 6.45) is 1.50. The van der Waals surface area contributed by atoms with Crippen LogP contribution in [0.5, 0.6) is 0 Å². The summed E-state index contributed by atoms with van der Waals surface area (Å²) >= 11 is 0. The Kier molecular flexibility index (Phi) is 3.01. The van der Waals surface area contributed by atoms with Crippen LogP contribution in [0, 0.1) is 5.82 Å². The first-order valence-electron chi connectivity index (χ1n) is 7.32. The lowest BCUT2D eigenvalue weighted by atomic mass is 10.2. The number of halogens is 1. The van der Waals surface area contributed by atoms with Gasteiger partial charge < -0.3 is 9.13 Å². The Morgan fingerprint density at radius 3 is 2.70 bits per heavy atom. The van der Waals surface area contributed by atoms with Crippen LogP contribution in [-0.2, 0) is 13.6 Å². The monoisotopic (exact) mass is 307 g/mol. The predicted octanol–water partition coefficient (Wildman–Crippen LogP) is 3.08. The molecule has 0 aliphatic heterocycles. The molecule has 0 saturated heterocycles. The second-order valence-electron chi connectivity index (χ2n) is 5.59. The molecule has 114 valence electrons. The van der Waals surface area contributed by atoms with Crippen LogP contribution in [0.15, 0.2) is 59.7 Å². The molecule has 5 heteroatoms. The van der Waals surface area contributed by atoms with Gasteiger partial charge in [0.15, 0.2) is 0 Å². The minimum absolute atomic E-state index is 0.137. The maximum atomic E-state index is 13.7. The fourth-order valence-electron chi connectivity index (χ4n) is 2.95. The molecule has 4 rings (SSSR count). The van der Waals surface area contributed by atoms with E-state index in [1.54, 1.807) is 13.1 Å². The highest BCUT2D eigenvalue weighted by atomic mass is 19.1. The second-order valence-corrected chi connectivity index (χ2v) is 5.59. The molecule has 0 aliphatic rings. The molecule has 0 unspecified atom stereocenters. The molecule has 0 amide bonds. The number of hydrogen-bond acceptors (Lipinski definition) is 2. The highest BCUT2D eigenvalue weighted by Gasteiger charge is 2.16. The third kappa shape index (κ3) is 2.12. The van der Waals surface area contributed by atoms with Crippen molar-refractivity contribution < 1.29 is 4.39 Å². The number of nitrogens with zero attached hydrogens (tertiary/aromatic N) is 3. The SMILES string of the molecule is Cn1cnc2c3ccc(F)cc3n(Cc3ccccc3)c2c1=O. The lowest BCUT2D eigenvalue weighted by Crippen LogP contribution is -2.19. The van der Waals surface area contributed by atoms with Gasteiger partial charge in [0.1, 0.15) is 16.9 Å². The number of benzene rings is 2. The van der Waals surface area contributed by atoms with Crippen molar-refractivity contribution >= 4 is 21.9 Å². The summed E-state index contributed by atoms with van der Waals surface area (Å²) in [5.41, 5.74) is 2.70. The molecule has 2 aromatic carbocycles. The Morgan fingerprint density at radius 1 is 1.13 bits per heavy atom. The van der Waals surface area contributed by atoms with Crippen LogP contribution < -0.4 is 5.56 Å². The predicted molar refractivity (Wildman–Crippen MR) is 88.0 cm³/mol. The summed E-state index contributed by atoms with van der Waals surface area (Å²) in [7, 11) is 1.67. The van der Waals surface area contributed by atoms with Gasteiger partial charge in [-0.2, -0.15) is 0 Å². The van der Waals surface area contributed by atoms with E-state index in [0.29, 0.717) is 23.1 Å². The van der Waals surface area contributed by atoms with Crippen molar-refractivity contribution in [3.63, 3.8) is 0 Å². The number of aromatic nitrogens is 3. The molecule has 0 fully saturated rings. The van der Waals surface area contributed by atoms with Crippen LogP contribution in [0.3, 0.4) is 0 Å². The third-order valence-electron chi connectivity index (χ3n) is 4.07. The van der Waals surface area contributed by atoms with Crippen LogP contribution in [-0.4, -0.2) is 14.1 Å². The van der Waals surface area contributed by atoms with Crippen LogP contribution in [0.25, 0.3) is 21.9 Å². The zero-order valence-corrected chi connectivity index (χ0v) is 12.5. The molecular weight excluding hydrogens is 293 g/mol. The van der Waals surface area contributed by atoms with Gasteiger partial charge in [0.05, 0.1) is 11.8 Å². The van der Waals surface area contributed by atoms with Gasteiger partial charge in [-0.1, -0.05) is 30.3 Å². The quantitative estimate of drug-likeness (QED) is 0.571. The summed E-state index contributed by atoms with van der Waals surface area (Å²) in [6.45, 7) is 0.491. The maximum absolute atomic E-state index is 13.7. The van der Waals surface area contributed by atoms with E-state index in [0.717, 1.165) is 10.9 Å². The maximum Gasteiger partial charge on any atom is 0.277 e. The van der Waals surface area contributed by atoms with Gasteiger partial charge in [0.25, 0.3) is 5.56 Å². The first kappa shape index (κ1) is 13.7. The molecule has 0 N–H and O–H groups in total. The largest absolute Gasteiger partial charge is 0.330 e. The van der Waals surface area contributed by atoms with Gasteiger partial charge in [0, 0.05) is 19.0 Å². The minimum atomic E-state index is -0.327. The topological polar surface area (TPSA) is 39.8 Å². The summed E-state index contributed by atoms with van der Waals surface area (Å²) in [5.74, 6) is -0.327. The van der Waals surface area contributed by atoms with Crippen molar-refractivity contribution in [1.82, 2.24) is 14.1 Å². The number of aryl methyl sites for hydroxylation is 1. The van der Waals surface area contributed by atoms with E-state index in [-0.39, 0.29) is 11.4 Å². The normalized spacial score (nSPS) is 11.4. The van der Waals surface area contributed by atoms with Crippen molar-refractivity contribution in [2.45, 2.75) is 6.54 Å². The average molecular weight is 307 g/mol. The zero-order chi connectivity index (χ0) is 16.0. The van der Waals surface area contributed by atoms with Crippen LogP contribution in [0.2, 0.25) is 0 Å². The summed E-state index contributed by atoms with van der Waals surface area (Å²) in [4.78, 5) is 17.0. The van der Waals surface area contributed by atoms with Gasteiger partial charge >= 0.3 is 0 Å². The molecule has 0 atom stereocenters. The molecule has 4 aromatic rings. The molecule has 2 heterocycles. The highest BCUT2D eigenvalue weighted by molar-refractivity contribution is 6.05. The molecule has 2 aromatic heterocycles. The Bertz CT molecular complexity index is 1080. The summed E-state index contributed by atoms with van der Waals surface area (Å²) in [5, 5.41) is 0.787. The van der Waals surface area contributed by atoms with Gasteiger partial charge in [-0.05, 0) is 23.8 Å². The summed E-state index contributed by atoms with van der Waals surface area (Å²) < 4.78 is 17.0. The van der Waals surface area contributed by atoms with E-state index in [2.05, 4.69) is 4.98 Å². The Hall–Kier alpha value is -2.95. The summed E-state index contributed by atoms with van der Waals surface area (Å²) in [6, 6.07) is 14.3. The molecule has 0 radical (unpaired) electrons. The molecule has 0 saturated carbocycles. The van der Waals surface area contributed by atoms with E-state index in [9.17, 15) is 9.18 Å². The fourth-order valence-corrected chi connectivity index (χ4v) is 2.95. The Balaban J connectivity index is 2.11. The van der Waals surface area contributed by atoms with E-state index in [4.69, 9.17) is 0 Å². The van der Waals surface area contributed by atoms with Crippen LogP contribution in [0.1, 0.15) is 5.56 Å². The van der Waals surface area contributed by atoms with Crippen LogP contribution in [0.4, 0.5) is 4.39 Å². The smallest absolute Gasteiger partial charge is 0.277 e. The van der Waals surface area contributed by atoms with Crippen LogP contribution >= 0.6 is 0 Å². The van der Waals surface area contributed by atoms with Crippen molar-refractivity contribution in [3.8, 4) is 0 Å². The van der Waals surface area contributed by atoms with E-state index in [1.807, 2.05) is 34.9 Å². The van der Waals surface area contributed by atoms with Gasteiger partial charge in [-0.3, -0.25) is 4.79 Å². The standard InChI is InChI=1S/C18H14FN3O/c1-21-11-20-16-14-8-7-13(19)9-15(14)22(17(16)18(21)23)10-12-5-3-2-4-6-12/h2-9,11H,10H2,1H3. The molecular formula is C18H14FN3O. The van der Waals surface area contributed by atoms with Gasteiger partial charge in [-0.15, -0.1) is 0 Å². The minimum Gasteiger partial charge on any atom is -0.330 e. The lowest BCUT2D eigenvalue weighted by Gasteiger charge is -2.07. The molecule has 0 bridgehead atoms. The zero-order valence-electron chi connectivity index (χ0n) is 12.5. The third-order valence-corrected chi connectivity index (χ3v) is 4.07. The fraction of sp³-hybridized carbons (Fsp3) is 0.111. The average Bonchev–Trinajstić information content (AvgIpc) is 2.86. The van der Waals surface area contributed by atoms with E-state index >= 15 is 0 Å². The molecule has 23 heavy (non-hydrogen) atoms.